The number of hydrogen-bond donors (Lipinski definition) is 1. The van der Waals surface area contributed by atoms with Crippen LogP contribution in [0, 0.1) is 34.5 Å². The summed E-state index contributed by atoms with van der Waals surface area (Å²) in [6.45, 7) is 7.91. The number of aliphatic hydroxyl groups excluding tert-OH is 1. The lowest BCUT2D eigenvalue weighted by Crippen LogP contribution is -2.63. The van der Waals surface area contributed by atoms with Gasteiger partial charge in [0.2, 0.25) is 5.91 Å². The average Bonchev–Trinajstić information content (AvgIpc) is 3.11. The van der Waals surface area contributed by atoms with Crippen molar-refractivity contribution in [1.82, 2.24) is 4.90 Å². The van der Waals surface area contributed by atoms with Crippen LogP contribution in [0.3, 0.4) is 0 Å². The fourth-order valence-electron chi connectivity index (χ4n) is 8.70. The Balaban J connectivity index is 1.46. The Kier molecular flexibility index (Phi) is 5.70. The molecule has 0 aromatic heterocycles. The van der Waals surface area contributed by atoms with E-state index >= 15 is 0 Å². The fraction of sp³-hybridized carbons (Fsp3) is 0.750. The number of hydrogen-bond acceptors (Lipinski definition) is 4. The molecule has 0 spiro atoms. The molecular weight excluding hydrogens is 414 g/mol. The van der Waals surface area contributed by atoms with Crippen LogP contribution in [0.4, 0.5) is 0 Å². The number of aliphatic hydroxyl groups is 1. The summed E-state index contributed by atoms with van der Waals surface area (Å²) in [6, 6.07) is 6.17. The molecule has 4 unspecified atom stereocenters. The van der Waals surface area contributed by atoms with Crippen LogP contribution in [-0.2, 0) is 11.3 Å². The molecular formula is C28H41NO4. The second-order valence-corrected chi connectivity index (χ2v) is 12.0. The maximum absolute atomic E-state index is 13.3. The van der Waals surface area contributed by atoms with Crippen molar-refractivity contribution in [3.63, 3.8) is 0 Å². The molecule has 0 radical (unpaired) electrons. The number of likely N-dealkylation sites (tertiary alicyclic amines) is 1. The predicted molar refractivity (Wildman–Crippen MR) is 128 cm³/mol. The number of piperidine rings is 1. The Hall–Kier alpha value is -1.75. The highest BCUT2D eigenvalue weighted by Crippen LogP contribution is 2.66. The van der Waals surface area contributed by atoms with Crippen LogP contribution in [0.5, 0.6) is 11.5 Å². The summed E-state index contributed by atoms with van der Waals surface area (Å²) < 4.78 is 11.0. The van der Waals surface area contributed by atoms with E-state index in [1.807, 2.05) is 18.2 Å². The van der Waals surface area contributed by atoms with Gasteiger partial charge in [-0.25, -0.2) is 0 Å². The molecule has 8 atom stereocenters. The van der Waals surface area contributed by atoms with E-state index in [1.165, 1.54) is 12.8 Å². The summed E-state index contributed by atoms with van der Waals surface area (Å²) in [5, 5.41) is 10.6. The molecule has 3 aliphatic carbocycles. The third-order valence-corrected chi connectivity index (χ3v) is 10.3. The third kappa shape index (κ3) is 3.57. The van der Waals surface area contributed by atoms with Gasteiger partial charge < -0.3 is 19.5 Å². The predicted octanol–water partition coefficient (Wildman–Crippen LogP) is 5.04. The molecule has 0 bridgehead atoms. The van der Waals surface area contributed by atoms with E-state index in [0.29, 0.717) is 42.1 Å². The van der Waals surface area contributed by atoms with Crippen molar-refractivity contribution < 1.29 is 19.4 Å². The number of rotatable bonds is 4. The smallest absolute Gasteiger partial charge is 0.223 e. The number of ether oxygens (including phenoxy) is 2. The van der Waals surface area contributed by atoms with Gasteiger partial charge in [0.25, 0.3) is 0 Å². The molecule has 4 aliphatic rings. The molecule has 33 heavy (non-hydrogen) atoms. The monoisotopic (exact) mass is 455 g/mol. The second kappa shape index (κ2) is 8.18. The first-order valence-electron chi connectivity index (χ1n) is 12.9. The number of methoxy groups -OCH3 is 2. The van der Waals surface area contributed by atoms with E-state index in [0.717, 1.165) is 42.7 Å². The van der Waals surface area contributed by atoms with E-state index in [4.69, 9.17) is 9.47 Å². The molecule has 1 aromatic rings. The summed E-state index contributed by atoms with van der Waals surface area (Å²) in [7, 11) is 3.34. The van der Waals surface area contributed by atoms with Crippen molar-refractivity contribution in [2.24, 2.45) is 34.5 Å². The number of carbonyl (C=O) groups excluding carboxylic acids is 1. The zero-order valence-corrected chi connectivity index (χ0v) is 21.0. The van der Waals surface area contributed by atoms with Gasteiger partial charge in [0.05, 0.1) is 20.3 Å². The Labute approximate surface area is 198 Å². The maximum atomic E-state index is 13.3. The van der Waals surface area contributed by atoms with Crippen molar-refractivity contribution in [2.45, 2.75) is 84.4 Å². The molecule has 1 amide bonds. The van der Waals surface area contributed by atoms with Crippen LogP contribution in [0.1, 0.15) is 71.3 Å². The Morgan fingerprint density at radius 3 is 2.64 bits per heavy atom. The molecule has 1 aliphatic heterocycles. The van der Waals surface area contributed by atoms with Crippen molar-refractivity contribution in [2.75, 3.05) is 14.2 Å². The molecule has 1 saturated heterocycles. The highest BCUT2D eigenvalue weighted by atomic mass is 16.5. The van der Waals surface area contributed by atoms with Crippen molar-refractivity contribution in [3.8, 4) is 11.5 Å². The molecule has 1 N–H and O–H groups in total. The highest BCUT2D eigenvalue weighted by molar-refractivity contribution is 5.78. The highest BCUT2D eigenvalue weighted by Gasteiger charge is 2.62. The average molecular weight is 456 g/mol. The van der Waals surface area contributed by atoms with E-state index in [-0.39, 0.29) is 23.5 Å². The van der Waals surface area contributed by atoms with E-state index < -0.39 is 0 Å². The Morgan fingerprint density at radius 2 is 1.91 bits per heavy atom. The van der Waals surface area contributed by atoms with Crippen molar-refractivity contribution in [3.05, 3.63) is 23.8 Å². The topological polar surface area (TPSA) is 59.0 Å². The van der Waals surface area contributed by atoms with Crippen LogP contribution in [0.15, 0.2) is 18.2 Å². The van der Waals surface area contributed by atoms with Gasteiger partial charge >= 0.3 is 0 Å². The van der Waals surface area contributed by atoms with E-state index in [2.05, 4.69) is 25.7 Å². The standard InChI is InChI=1S/C28H41NO4/c1-17-12-24-28(3,21-8-10-27(2)15-19(30)13-22(27)26(17)21)11-9-25(31)29(24)16-18-6-7-20(32-4)14-23(18)33-5/h6-7,14,17,19,21-22,24,26,30H,8-13,15-16H2,1-5H3/t17-,19-,21?,22?,24?,26?,27+,28+/m0/s1. The number of fused-ring (bicyclic) bond motifs is 5. The second-order valence-electron chi connectivity index (χ2n) is 12.0. The van der Waals surface area contributed by atoms with Gasteiger partial charge in [-0.1, -0.05) is 20.8 Å². The normalized spacial score (nSPS) is 42.4. The molecule has 1 heterocycles. The van der Waals surface area contributed by atoms with Crippen molar-refractivity contribution >= 4 is 5.91 Å². The number of benzene rings is 1. The minimum Gasteiger partial charge on any atom is -0.497 e. The van der Waals surface area contributed by atoms with Gasteiger partial charge in [-0.05, 0) is 85.2 Å². The molecule has 5 nitrogen and oxygen atoms in total. The van der Waals surface area contributed by atoms with Gasteiger partial charge in [-0.2, -0.15) is 0 Å². The lowest BCUT2D eigenvalue weighted by molar-refractivity contribution is -0.169. The van der Waals surface area contributed by atoms with Gasteiger partial charge in [-0.15, -0.1) is 0 Å². The summed E-state index contributed by atoms with van der Waals surface area (Å²) in [5.74, 6) is 4.29. The van der Waals surface area contributed by atoms with Crippen LogP contribution < -0.4 is 9.47 Å². The van der Waals surface area contributed by atoms with Crippen LogP contribution in [0.2, 0.25) is 0 Å². The summed E-state index contributed by atoms with van der Waals surface area (Å²) in [4.78, 5) is 15.5. The Bertz CT molecular complexity index is 917. The zero-order chi connectivity index (χ0) is 23.5. The first-order chi connectivity index (χ1) is 15.7. The molecule has 5 rings (SSSR count). The Morgan fingerprint density at radius 1 is 1.12 bits per heavy atom. The van der Waals surface area contributed by atoms with Gasteiger partial charge in [0.1, 0.15) is 11.5 Å². The number of amides is 1. The zero-order valence-electron chi connectivity index (χ0n) is 21.0. The lowest BCUT2D eigenvalue weighted by Gasteiger charge is -2.63. The van der Waals surface area contributed by atoms with Crippen LogP contribution in [0.25, 0.3) is 0 Å². The molecule has 3 saturated carbocycles. The van der Waals surface area contributed by atoms with E-state index in [9.17, 15) is 9.90 Å². The van der Waals surface area contributed by atoms with Gasteiger partial charge in [0.15, 0.2) is 0 Å². The summed E-state index contributed by atoms with van der Waals surface area (Å²) in [5.41, 5.74) is 1.47. The SMILES string of the molecule is COc1ccc(CN2C(=O)CC[C@]3(C)C4CC[C@]5(C)C[C@@H](O)CC5C4[C@@H](C)CC23)c(OC)c1. The minimum absolute atomic E-state index is 0.136. The van der Waals surface area contributed by atoms with E-state index in [1.54, 1.807) is 14.2 Å². The van der Waals surface area contributed by atoms with Gasteiger partial charge in [0, 0.05) is 30.6 Å². The number of nitrogens with zero attached hydrogens (tertiary/aromatic N) is 1. The maximum Gasteiger partial charge on any atom is 0.223 e. The molecule has 4 fully saturated rings. The van der Waals surface area contributed by atoms with Crippen molar-refractivity contribution in [1.29, 1.82) is 0 Å². The van der Waals surface area contributed by atoms with Gasteiger partial charge in [-0.3, -0.25) is 4.79 Å². The molecule has 1 aromatic carbocycles. The largest absolute Gasteiger partial charge is 0.497 e. The summed E-state index contributed by atoms with van der Waals surface area (Å²) in [6.07, 6.45) is 6.93. The third-order valence-electron chi connectivity index (χ3n) is 10.3. The lowest BCUT2D eigenvalue weighted by atomic mass is 9.45. The molecule has 182 valence electrons. The summed E-state index contributed by atoms with van der Waals surface area (Å²) >= 11 is 0. The quantitative estimate of drug-likeness (QED) is 0.691. The van der Waals surface area contributed by atoms with Crippen LogP contribution in [-0.4, -0.2) is 42.3 Å². The fourth-order valence-corrected chi connectivity index (χ4v) is 8.70. The van der Waals surface area contributed by atoms with Crippen LogP contribution >= 0.6 is 0 Å². The number of carbonyl (C=O) groups is 1. The first kappa shape index (κ1) is 23.0. The molecule has 5 heteroatoms. The minimum atomic E-state index is -0.136. The first-order valence-corrected chi connectivity index (χ1v) is 12.9.